The SMILES string of the molecule is CCc1cc2c(N(CC)C3CCCCC3)nc(N)nc2s1. The molecule has 0 aliphatic heterocycles. The fourth-order valence-corrected chi connectivity index (χ4v) is 4.31. The maximum atomic E-state index is 5.96. The fraction of sp³-hybridized carbons (Fsp3) is 0.625. The van der Waals surface area contributed by atoms with Crippen molar-refractivity contribution in [1.82, 2.24) is 9.97 Å². The first-order valence-electron chi connectivity index (χ1n) is 8.05. The Kier molecular flexibility index (Phi) is 4.29. The van der Waals surface area contributed by atoms with Gasteiger partial charge in [0.15, 0.2) is 0 Å². The van der Waals surface area contributed by atoms with E-state index in [0.717, 1.165) is 23.6 Å². The van der Waals surface area contributed by atoms with Crippen LogP contribution in [0.25, 0.3) is 10.2 Å². The minimum Gasteiger partial charge on any atom is -0.368 e. The van der Waals surface area contributed by atoms with Gasteiger partial charge in [0.1, 0.15) is 10.6 Å². The summed E-state index contributed by atoms with van der Waals surface area (Å²) in [6.07, 6.45) is 7.60. The van der Waals surface area contributed by atoms with Crippen LogP contribution in [0.15, 0.2) is 6.07 Å². The molecule has 0 bridgehead atoms. The van der Waals surface area contributed by atoms with Gasteiger partial charge < -0.3 is 10.6 Å². The Morgan fingerprint density at radius 3 is 2.67 bits per heavy atom. The van der Waals surface area contributed by atoms with Gasteiger partial charge in [-0.1, -0.05) is 26.2 Å². The van der Waals surface area contributed by atoms with E-state index in [9.17, 15) is 0 Å². The third kappa shape index (κ3) is 2.84. The Bertz CT molecular complexity index is 616. The molecule has 2 N–H and O–H groups in total. The first-order valence-corrected chi connectivity index (χ1v) is 8.87. The summed E-state index contributed by atoms with van der Waals surface area (Å²) >= 11 is 1.74. The van der Waals surface area contributed by atoms with Crippen LogP contribution in [0.2, 0.25) is 0 Å². The van der Waals surface area contributed by atoms with E-state index in [4.69, 9.17) is 5.73 Å². The molecule has 1 fully saturated rings. The van der Waals surface area contributed by atoms with Crippen LogP contribution >= 0.6 is 11.3 Å². The van der Waals surface area contributed by atoms with Gasteiger partial charge in [-0.3, -0.25) is 0 Å². The Morgan fingerprint density at radius 2 is 2.00 bits per heavy atom. The number of nitrogen functional groups attached to an aromatic ring is 1. The van der Waals surface area contributed by atoms with Crippen LogP contribution < -0.4 is 10.6 Å². The lowest BCUT2D eigenvalue weighted by atomic mass is 9.94. The molecule has 5 heteroatoms. The number of anilines is 2. The molecule has 2 heterocycles. The molecule has 4 nitrogen and oxygen atoms in total. The highest BCUT2D eigenvalue weighted by Crippen LogP contribution is 2.35. The van der Waals surface area contributed by atoms with Crippen molar-refractivity contribution in [3.05, 3.63) is 10.9 Å². The van der Waals surface area contributed by atoms with E-state index in [2.05, 4.69) is 34.8 Å². The van der Waals surface area contributed by atoms with Crippen LogP contribution in [0, 0.1) is 0 Å². The summed E-state index contributed by atoms with van der Waals surface area (Å²) in [5.74, 6) is 1.44. The van der Waals surface area contributed by atoms with E-state index in [1.165, 1.54) is 42.4 Å². The maximum absolute atomic E-state index is 5.96. The second-order valence-electron chi connectivity index (χ2n) is 5.77. The predicted molar refractivity (Wildman–Crippen MR) is 91.1 cm³/mol. The summed E-state index contributed by atoms with van der Waals surface area (Å²) in [5, 5.41) is 1.18. The van der Waals surface area contributed by atoms with Crippen LogP contribution in [-0.4, -0.2) is 22.6 Å². The van der Waals surface area contributed by atoms with Crippen molar-refractivity contribution in [3.63, 3.8) is 0 Å². The van der Waals surface area contributed by atoms with Gasteiger partial charge in [-0.2, -0.15) is 4.98 Å². The number of nitrogens with two attached hydrogens (primary N) is 1. The summed E-state index contributed by atoms with van der Waals surface area (Å²) in [7, 11) is 0. The summed E-state index contributed by atoms with van der Waals surface area (Å²) in [5.41, 5.74) is 5.96. The molecule has 0 aromatic carbocycles. The molecule has 0 spiro atoms. The van der Waals surface area contributed by atoms with Crippen molar-refractivity contribution in [3.8, 4) is 0 Å². The Labute approximate surface area is 130 Å². The Hall–Kier alpha value is -1.36. The van der Waals surface area contributed by atoms with E-state index in [1.54, 1.807) is 11.3 Å². The normalized spacial score (nSPS) is 16.5. The van der Waals surface area contributed by atoms with Gasteiger partial charge >= 0.3 is 0 Å². The molecule has 0 amide bonds. The molecule has 2 aromatic heterocycles. The number of aromatic nitrogens is 2. The molecule has 2 aromatic rings. The first-order chi connectivity index (χ1) is 10.2. The van der Waals surface area contributed by atoms with E-state index in [0.29, 0.717) is 12.0 Å². The van der Waals surface area contributed by atoms with E-state index in [-0.39, 0.29) is 0 Å². The summed E-state index contributed by atoms with van der Waals surface area (Å²) in [4.78, 5) is 13.9. The number of aryl methyl sites for hydroxylation is 1. The largest absolute Gasteiger partial charge is 0.368 e. The summed E-state index contributed by atoms with van der Waals surface area (Å²) < 4.78 is 0. The van der Waals surface area contributed by atoms with Crippen molar-refractivity contribution in [2.45, 2.75) is 58.4 Å². The van der Waals surface area contributed by atoms with E-state index < -0.39 is 0 Å². The molecule has 1 aliphatic carbocycles. The third-order valence-corrected chi connectivity index (χ3v) is 5.59. The van der Waals surface area contributed by atoms with E-state index >= 15 is 0 Å². The highest BCUT2D eigenvalue weighted by Gasteiger charge is 2.24. The quantitative estimate of drug-likeness (QED) is 0.927. The molecule has 0 unspecified atom stereocenters. The lowest BCUT2D eigenvalue weighted by Crippen LogP contribution is -2.37. The van der Waals surface area contributed by atoms with Gasteiger partial charge in [0.25, 0.3) is 0 Å². The van der Waals surface area contributed by atoms with Gasteiger partial charge in [-0.15, -0.1) is 11.3 Å². The van der Waals surface area contributed by atoms with Crippen LogP contribution in [0.4, 0.5) is 11.8 Å². The lowest BCUT2D eigenvalue weighted by molar-refractivity contribution is 0.417. The van der Waals surface area contributed by atoms with Gasteiger partial charge in [0.05, 0.1) is 5.39 Å². The molecule has 1 aliphatic rings. The number of fused-ring (bicyclic) bond motifs is 1. The maximum Gasteiger partial charge on any atom is 0.223 e. The van der Waals surface area contributed by atoms with Gasteiger partial charge in [0.2, 0.25) is 5.95 Å². The lowest BCUT2D eigenvalue weighted by Gasteiger charge is -2.34. The standard InChI is InChI=1S/C16H24N4S/c1-3-12-10-13-14(18-16(17)19-15(13)21-12)20(4-2)11-8-6-5-7-9-11/h10-11H,3-9H2,1-2H3,(H2,17,18,19). The molecule has 0 saturated heterocycles. The van der Waals surface area contributed by atoms with Crippen LogP contribution in [-0.2, 0) is 6.42 Å². The monoisotopic (exact) mass is 304 g/mol. The molecule has 0 atom stereocenters. The van der Waals surface area contributed by atoms with Gasteiger partial charge in [0, 0.05) is 17.5 Å². The average molecular weight is 304 g/mol. The van der Waals surface area contributed by atoms with Crippen molar-refractivity contribution < 1.29 is 0 Å². The highest BCUT2D eigenvalue weighted by atomic mass is 32.1. The zero-order valence-corrected chi connectivity index (χ0v) is 13.7. The van der Waals surface area contributed by atoms with Crippen molar-refractivity contribution >= 4 is 33.3 Å². The van der Waals surface area contributed by atoms with E-state index in [1.807, 2.05) is 0 Å². The molecule has 114 valence electrons. The molecular formula is C16H24N4S. The van der Waals surface area contributed by atoms with Crippen LogP contribution in [0.5, 0.6) is 0 Å². The number of nitrogens with zero attached hydrogens (tertiary/aromatic N) is 3. The van der Waals surface area contributed by atoms with Crippen molar-refractivity contribution in [2.75, 3.05) is 17.2 Å². The zero-order chi connectivity index (χ0) is 14.8. The second kappa shape index (κ2) is 6.18. The van der Waals surface area contributed by atoms with Crippen LogP contribution in [0.3, 0.4) is 0 Å². The average Bonchev–Trinajstić information content (AvgIpc) is 2.92. The van der Waals surface area contributed by atoms with Gasteiger partial charge in [-0.25, -0.2) is 4.98 Å². The fourth-order valence-electron chi connectivity index (χ4n) is 3.34. The number of hydrogen-bond donors (Lipinski definition) is 1. The molecule has 0 radical (unpaired) electrons. The van der Waals surface area contributed by atoms with Crippen LogP contribution in [0.1, 0.15) is 50.8 Å². The predicted octanol–water partition coefficient (Wildman–Crippen LogP) is 3.99. The minimum absolute atomic E-state index is 0.399. The first kappa shape index (κ1) is 14.6. The number of thiophene rings is 1. The second-order valence-corrected chi connectivity index (χ2v) is 6.88. The molecule has 3 rings (SSSR count). The Morgan fingerprint density at radius 1 is 1.24 bits per heavy atom. The van der Waals surface area contributed by atoms with Crippen molar-refractivity contribution in [2.24, 2.45) is 0 Å². The smallest absolute Gasteiger partial charge is 0.223 e. The van der Waals surface area contributed by atoms with Gasteiger partial charge in [-0.05, 0) is 32.3 Å². The number of hydrogen-bond acceptors (Lipinski definition) is 5. The molecular weight excluding hydrogens is 280 g/mol. The Balaban J connectivity index is 2.05. The summed E-state index contributed by atoms with van der Waals surface area (Å²) in [6, 6.07) is 2.85. The third-order valence-electron chi connectivity index (χ3n) is 4.42. The zero-order valence-electron chi connectivity index (χ0n) is 12.9. The summed E-state index contributed by atoms with van der Waals surface area (Å²) in [6.45, 7) is 5.37. The molecule has 1 saturated carbocycles. The highest BCUT2D eigenvalue weighted by molar-refractivity contribution is 7.18. The molecule has 21 heavy (non-hydrogen) atoms. The number of rotatable bonds is 4. The topological polar surface area (TPSA) is 55.0 Å². The minimum atomic E-state index is 0.399. The van der Waals surface area contributed by atoms with Crippen molar-refractivity contribution in [1.29, 1.82) is 0 Å².